The minimum absolute atomic E-state index is 0.0235. The molecule has 0 saturated carbocycles. The van der Waals surface area contributed by atoms with Gasteiger partial charge < -0.3 is 9.84 Å². The van der Waals surface area contributed by atoms with Crippen LogP contribution in [0.2, 0.25) is 0 Å². The predicted molar refractivity (Wildman–Crippen MR) is 138 cm³/mol. The molecular formula is C31H26F6O2. The zero-order chi connectivity index (χ0) is 28.6. The second-order valence-electron chi connectivity index (χ2n) is 10.3. The molecule has 0 heterocycles. The van der Waals surface area contributed by atoms with Gasteiger partial charge in [0, 0.05) is 0 Å². The van der Waals surface area contributed by atoms with Gasteiger partial charge in [0.05, 0.1) is 0 Å². The Labute approximate surface area is 222 Å². The van der Waals surface area contributed by atoms with Crippen LogP contribution in [0.3, 0.4) is 0 Å². The number of phenols is 1. The van der Waals surface area contributed by atoms with Crippen LogP contribution in [0.5, 0.6) is 17.2 Å². The lowest BCUT2D eigenvalue weighted by Crippen LogP contribution is -2.54. The van der Waals surface area contributed by atoms with E-state index >= 15 is 0 Å². The van der Waals surface area contributed by atoms with E-state index in [0.717, 1.165) is 47.5 Å². The molecular weight excluding hydrogens is 518 g/mol. The van der Waals surface area contributed by atoms with Crippen LogP contribution in [0, 0.1) is 0 Å². The van der Waals surface area contributed by atoms with E-state index in [4.69, 9.17) is 4.74 Å². The van der Waals surface area contributed by atoms with E-state index in [0.29, 0.717) is 17.9 Å². The van der Waals surface area contributed by atoms with Crippen molar-refractivity contribution in [1.29, 1.82) is 0 Å². The van der Waals surface area contributed by atoms with Crippen molar-refractivity contribution in [3.05, 3.63) is 114 Å². The standard InChI is InChI=1S/C31H26F6O2/c1-28(2,3)22-8-4-20(5-9-22)21-6-16-26(17-7-21)39-27-18-12-24(13-19-27)29(30(32,33)34,31(35,36)37)23-10-14-25(38)15-11-23/h4-19,38H,1-3H3. The van der Waals surface area contributed by atoms with Gasteiger partial charge in [-0.25, -0.2) is 0 Å². The molecule has 0 atom stereocenters. The van der Waals surface area contributed by atoms with E-state index in [9.17, 15) is 31.4 Å². The van der Waals surface area contributed by atoms with Crippen LogP contribution in [-0.4, -0.2) is 17.5 Å². The van der Waals surface area contributed by atoms with Crippen molar-refractivity contribution >= 4 is 0 Å². The van der Waals surface area contributed by atoms with Crippen molar-refractivity contribution in [2.45, 2.75) is 44.0 Å². The Bertz CT molecular complexity index is 1380. The van der Waals surface area contributed by atoms with E-state index in [2.05, 4.69) is 32.9 Å². The van der Waals surface area contributed by atoms with Crippen LogP contribution < -0.4 is 4.74 Å². The summed E-state index contributed by atoms with van der Waals surface area (Å²) in [4.78, 5) is 0. The molecule has 4 aromatic carbocycles. The van der Waals surface area contributed by atoms with Gasteiger partial charge in [0.1, 0.15) is 17.2 Å². The maximum atomic E-state index is 14.2. The lowest BCUT2D eigenvalue weighted by Gasteiger charge is -2.38. The van der Waals surface area contributed by atoms with Crippen molar-refractivity contribution < 1.29 is 36.2 Å². The number of halogens is 6. The average Bonchev–Trinajstić information content (AvgIpc) is 2.85. The first-order chi connectivity index (χ1) is 18.1. The van der Waals surface area contributed by atoms with Crippen molar-refractivity contribution in [2.75, 3.05) is 0 Å². The summed E-state index contributed by atoms with van der Waals surface area (Å²) in [5, 5.41) is 9.42. The summed E-state index contributed by atoms with van der Waals surface area (Å²) in [5.74, 6) is -0.00655. The number of aromatic hydroxyl groups is 1. The fraction of sp³-hybridized carbons (Fsp3) is 0.226. The fourth-order valence-corrected chi connectivity index (χ4v) is 4.48. The normalized spacial score (nSPS) is 12.8. The molecule has 1 N–H and O–H groups in total. The number of hydrogen-bond donors (Lipinski definition) is 1. The number of phenolic OH excluding ortho intramolecular Hbond substituents is 1. The molecule has 0 saturated heterocycles. The summed E-state index contributed by atoms with van der Waals surface area (Å²) >= 11 is 0. The van der Waals surface area contributed by atoms with Crippen LogP contribution in [0.1, 0.15) is 37.5 Å². The summed E-state index contributed by atoms with van der Waals surface area (Å²) in [6.07, 6.45) is -11.4. The second-order valence-corrected chi connectivity index (χ2v) is 10.3. The first-order valence-electron chi connectivity index (χ1n) is 12.1. The number of benzene rings is 4. The summed E-state index contributed by atoms with van der Waals surface area (Å²) in [6.45, 7) is 6.38. The molecule has 0 aliphatic heterocycles. The average molecular weight is 545 g/mol. The minimum atomic E-state index is -5.72. The smallest absolute Gasteiger partial charge is 0.411 e. The van der Waals surface area contributed by atoms with Crippen LogP contribution in [0.15, 0.2) is 97.1 Å². The third-order valence-corrected chi connectivity index (χ3v) is 6.61. The first kappa shape index (κ1) is 28.1. The Balaban J connectivity index is 1.61. The highest BCUT2D eigenvalue weighted by molar-refractivity contribution is 5.64. The van der Waals surface area contributed by atoms with E-state index in [1.54, 1.807) is 12.1 Å². The molecule has 0 unspecified atom stereocenters. The highest BCUT2D eigenvalue weighted by Gasteiger charge is 2.72. The molecule has 0 spiro atoms. The monoisotopic (exact) mass is 544 g/mol. The summed E-state index contributed by atoms with van der Waals surface area (Å²) in [7, 11) is 0. The second kappa shape index (κ2) is 9.98. The van der Waals surface area contributed by atoms with Crippen molar-refractivity contribution in [1.82, 2.24) is 0 Å². The van der Waals surface area contributed by atoms with E-state index in [1.165, 1.54) is 5.56 Å². The lowest BCUT2D eigenvalue weighted by atomic mass is 9.73. The molecule has 4 aromatic rings. The SMILES string of the molecule is CC(C)(C)c1ccc(-c2ccc(Oc3ccc(C(c4ccc(O)cc4)(C(F)(F)F)C(F)(F)F)cc3)cc2)cc1. The van der Waals surface area contributed by atoms with Gasteiger partial charge in [-0.2, -0.15) is 26.3 Å². The molecule has 0 amide bonds. The van der Waals surface area contributed by atoms with Gasteiger partial charge in [-0.1, -0.05) is 81.4 Å². The molecule has 39 heavy (non-hydrogen) atoms. The highest BCUT2D eigenvalue weighted by Crippen LogP contribution is 2.56. The Morgan fingerprint density at radius 1 is 0.487 bits per heavy atom. The molecule has 4 rings (SSSR count). The predicted octanol–water partition coefficient (Wildman–Crippen LogP) is 9.56. The summed E-state index contributed by atoms with van der Waals surface area (Å²) in [6, 6.07) is 21.6. The Kier molecular flexibility index (Phi) is 7.19. The third kappa shape index (κ3) is 5.46. The largest absolute Gasteiger partial charge is 0.508 e. The van der Waals surface area contributed by atoms with Crippen molar-refractivity contribution in [3.8, 4) is 28.4 Å². The molecule has 0 fully saturated rings. The van der Waals surface area contributed by atoms with Gasteiger partial charge in [-0.15, -0.1) is 0 Å². The summed E-state index contributed by atoms with van der Waals surface area (Å²) in [5.41, 5.74) is -3.24. The number of hydrogen-bond acceptors (Lipinski definition) is 2. The fourth-order valence-electron chi connectivity index (χ4n) is 4.48. The zero-order valence-corrected chi connectivity index (χ0v) is 21.4. The van der Waals surface area contributed by atoms with Crippen molar-refractivity contribution in [3.63, 3.8) is 0 Å². The maximum Gasteiger partial charge on any atom is 0.411 e. The summed E-state index contributed by atoms with van der Waals surface area (Å²) < 4.78 is 91.1. The zero-order valence-electron chi connectivity index (χ0n) is 21.4. The molecule has 0 bridgehead atoms. The van der Waals surface area contributed by atoms with Gasteiger partial charge in [0.2, 0.25) is 5.41 Å². The molecule has 0 radical (unpaired) electrons. The number of rotatable bonds is 5. The Morgan fingerprint density at radius 3 is 1.21 bits per heavy atom. The molecule has 8 heteroatoms. The molecule has 0 aliphatic rings. The third-order valence-electron chi connectivity index (χ3n) is 6.61. The van der Waals surface area contributed by atoms with Gasteiger partial charge in [0.15, 0.2) is 0 Å². The minimum Gasteiger partial charge on any atom is -0.508 e. The van der Waals surface area contributed by atoms with Gasteiger partial charge in [0.25, 0.3) is 0 Å². The van der Waals surface area contributed by atoms with Crippen LogP contribution >= 0.6 is 0 Å². The van der Waals surface area contributed by atoms with Crippen LogP contribution in [0.25, 0.3) is 11.1 Å². The van der Waals surface area contributed by atoms with E-state index in [1.807, 2.05) is 24.3 Å². The van der Waals surface area contributed by atoms with Crippen molar-refractivity contribution in [2.24, 2.45) is 0 Å². The van der Waals surface area contributed by atoms with E-state index < -0.39 is 34.6 Å². The van der Waals surface area contributed by atoms with Gasteiger partial charge >= 0.3 is 12.4 Å². The van der Waals surface area contributed by atoms with Crippen LogP contribution in [-0.2, 0) is 10.8 Å². The quantitative estimate of drug-likeness (QED) is 0.254. The van der Waals surface area contributed by atoms with Crippen LogP contribution in [0.4, 0.5) is 26.3 Å². The highest BCUT2D eigenvalue weighted by atomic mass is 19.4. The lowest BCUT2D eigenvalue weighted by molar-refractivity contribution is -0.288. The maximum absolute atomic E-state index is 14.2. The number of ether oxygens (including phenoxy) is 1. The number of alkyl halides is 6. The first-order valence-corrected chi connectivity index (χ1v) is 12.1. The van der Waals surface area contributed by atoms with E-state index in [-0.39, 0.29) is 11.2 Å². The topological polar surface area (TPSA) is 29.5 Å². The Morgan fingerprint density at radius 2 is 0.821 bits per heavy atom. The molecule has 0 aromatic heterocycles. The molecule has 0 aliphatic carbocycles. The van der Waals surface area contributed by atoms with Gasteiger partial charge in [-0.3, -0.25) is 0 Å². The van der Waals surface area contributed by atoms with Gasteiger partial charge in [-0.05, 0) is 69.6 Å². The Hall–Kier alpha value is -3.94. The molecule has 2 nitrogen and oxygen atoms in total. The molecule has 204 valence electrons.